The number of nitrogens with one attached hydrogen (secondary N) is 1. The first-order valence-corrected chi connectivity index (χ1v) is 9.55. The molecule has 0 saturated carbocycles. The third kappa shape index (κ3) is 5.07. The zero-order valence-corrected chi connectivity index (χ0v) is 15.8. The minimum Gasteiger partial charge on any atom is -0.489 e. The van der Waals surface area contributed by atoms with Gasteiger partial charge in [0.2, 0.25) is 0 Å². The quantitative estimate of drug-likeness (QED) is 0.801. The molecule has 3 rings (SSSR count). The summed E-state index contributed by atoms with van der Waals surface area (Å²) in [7, 11) is 0. The molecule has 26 heavy (non-hydrogen) atoms. The number of aliphatic hydroxyl groups is 1. The van der Waals surface area contributed by atoms with Crippen molar-refractivity contribution in [3.63, 3.8) is 0 Å². The van der Waals surface area contributed by atoms with E-state index in [1.807, 2.05) is 30.3 Å². The van der Waals surface area contributed by atoms with Gasteiger partial charge in [0, 0.05) is 32.7 Å². The van der Waals surface area contributed by atoms with E-state index in [2.05, 4.69) is 42.3 Å². The monoisotopic (exact) mass is 354 g/mol. The van der Waals surface area contributed by atoms with Crippen molar-refractivity contribution in [2.45, 2.75) is 32.5 Å². The molecule has 4 nitrogen and oxygen atoms in total. The summed E-state index contributed by atoms with van der Waals surface area (Å²) in [6, 6.07) is 16.3. The van der Waals surface area contributed by atoms with Gasteiger partial charge in [-0.05, 0) is 34.7 Å². The first-order chi connectivity index (χ1) is 12.6. The van der Waals surface area contributed by atoms with Crippen molar-refractivity contribution in [1.82, 2.24) is 10.2 Å². The zero-order chi connectivity index (χ0) is 18.4. The molecule has 2 aromatic rings. The van der Waals surface area contributed by atoms with E-state index in [0.717, 1.165) is 48.6 Å². The Morgan fingerprint density at radius 2 is 1.81 bits per heavy atom. The van der Waals surface area contributed by atoms with Crippen molar-refractivity contribution in [2.24, 2.45) is 0 Å². The second-order valence-electron chi connectivity index (χ2n) is 7.29. The molecule has 140 valence electrons. The van der Waals surface area contributed by atoms with E-state index in [4.69, 9.17) is 4.74 Å². The summed E-state index contributed by atoms with van der Waals surface area (Å²) in [5.41, 5.74) is 3.28. The Hall–Kier alpha value is -1.88. The fourth-order valence-corrected chi connectivity index (χ4v) is 3.34. The number of rotatable bonds is 7. The molecule has 1 unspecified atom stereocenters. The van der Waals surface area contributed by atoms with Crippen LogP contribution in [0.2, 0.25) is 0 Å². The Morgan fingerprint density at radius 1 is 1.08 bits per heavy atom. The summed E-state index contributed by atoms with van der Waals surface area (Å²) in [5, 5.41) is 14.0. The predicted octanol–water partition coefficient (Wildman–Crippen LogP) is 3.33. The Bertz CT molecular complexity index is 682. The van der Waals surface area contributed by atoms with Crippen molar-refractivity contribution in [3.8, 4) is 5.75 Å². The summed E-state index contributed by atoms with van der Waals surface area (Å²) in [6.45, 7) is 9.55. The fraction of sp³-hybridized carbons (Fsp3) is 0.455. The van der Waals surface area contributed by atoms with E-state index in [1.165, 1.54) is 0 Å². The standard InChI is InChI=1S/C22H30N2O2/c1-17(2)20-14-19(21(25)15-24-12-10-23-11-13-24)8-9-22(20)26-16-18-6-4-3-5-7-18/h3-9,14,17,21,23,25H,10-13,15-16H2,1-2H3. The molecule has 0 aromatic heterocycles. The molecule has 2 aromatic carbocycles. The average Bonchev–Trinajstić information content (AvgIpc) is 2.67. The maximum absolute atomic E-state index is 10.7. The largest absolute Gasteiger partial charge is 0.489 e. The van der Waals surface area contributed by atoms with Gasteiger partial charge >= 0.3 is 0 Å². The van der Waals surface area contributed by atoms with Crippen LogP contribution in [0.25, 0.3) is 0 Å². The molecule has 0 aliphatic carbocycles. The van der Waals surface area contributed by atoms with Gasteiger partial charge in [-0.1, -0.05) is 50.2 Å². The molecule has 1 fully saturated rings. The molecule has 1 aliphatic heterocycles. The highest BCUT2D eigenvalue weighted by Crippen LogP contribution is 2.30. The number of aliphatic hydroxyl groups excluding tert-OH is 1. The van der Waals surface area contributed by atoms with Crippen molar-refractivity contribution in [2.75, 3.05) is 32.7 Å². The average molecular weight is 354 g/mol. The van der Waals surface area contributed by atoms with E-state index >= 15 is 0 Å². The van der Waals surface area contributed by atoms with Crippen LogP contribution in [0.15, 0.2) is 48.5 Å². The van der Waals surface area contributed by atoms with E-state index in [1.54, 1.807) is 0 Å². The van der Waals surface area contributed by atoms with E-state index in [9.17, 15) is 5.11 Å². The second kappa shape index (κ2) is 9.17. The number of ether oxygens (including phenoxy) is 1. The summed E-state index contributed by atoms with van der Waals surface area (Å²) < 4.78 is 6.07. The van der Waals surface area contributed by atoms with Crippen LogP contribution in [-0.4, -0.2) is 42.7 Å². The Kier molecular flexibility index (Phi) is 6.67. The van der Waals surface area contributed by atoms with Crippen LogP contribution in [0.1, 0.15) is 42.6 Å². The van der Waals surface area contributed by atoms with Crippen LogP contribution >= 0.6 is 0 Å². The molecule has 4 heteroatoms. The van der Waals surface area contributed by atoms with Crippen molar-refractivity contribution in [1.29, 1.82) is 0 Å². The first-order valence-electron chi connectivity index (χ1n) is 9.55. The van der Waals surface area contributed by atoms with Crippen LogP contribution in [0.4, 0.5) is 0 Å². The first kappa shape index (κ1) is 18.9. The molecule has 1 aliphatic rings. The summed E-state index contributed by atoms with van der Waals surface area (Å²) in [6.07, 6.45) is -0.464. The van der Waals surface area contributed by atoms with Gasteiger partial charge in [-0.25, -0.2) is 0 Å². The number of nitrogens with zero attached hydrogens (tertiary/aromatic N) is 1. The minimum atomic E-state index is -0.464. The Morgan fingerprint density at radius 3 is 2.50 bits per heavy atom. The van der Waals surface area contributed by atoms with E-state index in [-0.39, 0.29) is 0 Å². The normalized spacial score (nSPS) is 16.6. The fourth-order valence-electron chi connectivity index (χ4n) is 3.34. The van der Waals surface area contributed by atoms with Gasteiger partial charge in [-0.2, -0.15) is 0 Å². The lowest BCUT2D eigenvalue weighted by Gasteiger charge is -2.29. The smallest absolute Gasteiger partial charge is 0.123 e. The Labute approximate surface area is 156 Å². The summed E-state index contributed by atoms with van der Waals surface area (Å²) >= 11 is 0. The highest BCUT2D eigenvalue weighted by atomic mass is 16.5. The molecular weight excluding hydrogens is 324 g/mol. The van der Waals surface area contributed by atoms with E-state index < -0.39 is 6.10 Å². The molecular formula is C22H30N2O2. The topological polar surface area (TPSA) is 44.7 Å². The van der Waals surface area contributed by atoms with Crippen LogP contribution in [0.5, 0.6) is 5.75 Å². The second-order valence-corrected chi connectivity index (χ2v) is 7.29. The van der Waals surface area contributed by atoms with Gasteiger partial charge in [0.05, 0.1) is 6.10 Å². The maximum atomic E-state index is 10.7. The van der Waals surface area contributed by atoms with Crippen molar-refractivity contribution < 1.29 is 9.84 Å². The molecule has 1 heterocycles. The number of benzene rings is 2. The van der Waals surface area contributed by atoms with Gasteiger partial charge in [0.1, 0.15) is 12.4 Å². The van der Waals surface area contributed by atoms with Gasteiger partial charge in [-0.15, -0.1) is 0 Å². The molecule has 1 saturated heterocycles. The lowest BCUT2D eigenvalue weighted by atomic mass is 9.97. The number of hydrogen-bond acceptors (Lipinski definition) is 4. The minimum absolute atomic E-state index is 0.340. The lowest BCUT2D eigenvalue weighted by Crippen LogP contribution is -2.44. The molecule has 2 N–H and O–H groups in total. The van der Waals surface area contributed by atoms with Crippen LogP contribution < -0.4 is 10.1 Å². The zero-order valence-electron chi connectivity index (χ0n) is 15.8. The van der Waals surface area contributed by atoms with Crippen molar-refractivity contribution in [3.05, 3.63) is 65.2 Å². The summed E-state index contributed by atoms with van der Waals surface area (Å²) in [5.74, 6) is 1.24. The number of piperazine rings is 1. The summed E-state index contributed by atoms with van der Waals surface area (Å²) in [4.78, 5) is 2.32. The molecule has 0 amide bonds. The van der Waals surface area contributed by atoms with Crippen LogP contribution in [-0.2, 0) is 6.61 Å². The predicted molar refractivity (Wildman–Crippen MR) is 106 cm³/mol. The van der Waals surface area contributed by atoms with E-state index in [0.29, 0.717) is 19.1 Å². The molecule has 1 atom stereocenters. The number of β-amino-alcohol motifs (C(OH)–C–C–N with tert-alkyl or cyclic N) is 1. The van der Waals surface area contributed by atoms with Gasteiger partial charge < -0.3 is 15.2 Å². The van der Waals surface area contributed by atoms with Crippen LogP contribution in [0, 0.1) is 0 Å². The maximum Gasteiger partial charge on any atom is 0.123 e. The molecule has 0 radical (unpaired) electrons. The number of hydrogen-bond donors (Lipinski definition) is 2. The molecule has 0 spiro atoms. The van der Waals surface area contributed by atoms with Gasteiger partial charge in [0.25, 0.3) is 0 Å². The third-order valence-corrected chi connectivity index (χ3v) is 4.92. The highest BCUT2D eigenvalue weighted by molar-refractivity contribution is 5.40. The van der Waals surface area contributed by atoms with Gasteiger partial charge in [0.15, 0.2) is 0 Å². The SMILES string of the molecule is CC(C)c1cc(C(O)CN2CCNCC2)ccc1OCc1ccccc1. The van der Waals surface area contributed by atoms with Crippen molar-refractivity contribution >= 4 is 0 Å². The van der Waals surface area contributed by atoms with Crippen LogP contribution in [0.3, 0.4) is 0 Å². The third-order valence-electron chi connectivity index (χ3n) is 4.92. The Balaban J connectivity index is 1.69. The lowest BCUT2D eigenvalue weighted by molar-refractivity contribution is 0.105. The molecule has 0 bridgehead atoms. The van der Waals surface area contributed by atoms with Gasteiger partial charge in [-0.3, -0.25) is 4.90 Å². The highest BCUT2D eigenvalue weighted by Gasteiger charge is 2.18.